The molecule has 0 spiro atoms. The molecule has 1 aromatic carbocycles. The van der Waals surface area contributed by atoms with Gasteiger partial charge in [-0.2, -0.15) is 0 Å². The standard InChI is InChI=1S/C19H20ClN5O4S/c1-28-14-5-4-11(7-13(14)20)23-15(26)9-30-19-24-16-17(21-10-22-18(16)27)25(19)8-12-3-2-6-29-12/h4-5,7,10,12H,2-3,6,8-9H2,1H3,(H,23,26)(H,21,22,27). The number of benzene rings is 1. The average Bonchev–Trinajstić information content (AvgIpc) is 3.36. The molecule has 0 saturated carbocycles. The van der Waals surface area contributed by atoms with Crippen LogP contribution in [0, 0.1) is 0 Å². The highest BCUT2D eigenvalue weighted by molar-refractivity contribution is 7.99. The van der Waals surface area contributed by atoms with E-state index in [1.54, 1.807) is 18.2 Å². The van der Waals surface area contributed by atoms with Crippen molar-refractivity contribution in [3.63, 3.8) is 0 Å². The maximum absolute atomic E-state index is 12.4. The topological polar surface area (TPSA) is 111 Å². The largest absolute Gasteiger partial charge is 0.495 e. The summed E-state index contributed by atoms with van der Waals surface area (Å²) < 4.78 is 12.7. The average molecular weight is 450 g/mol. The number of halogens is 1. The molecule has 1 fully saturated rings. The van der Waals surface area contributed by atoms with Crippen molar-refractivity contribution in [3.8, 4) is 5.75 Å². The van der Waals surface area contributed by atoms with E-state index in [9.17, 15) is 9.59 Å². The zero-order valence-electron chi connectivity index (χ0n) is 16.2. The minimum absolute atomic E-state index is 0.0399. The zero-order chi connectivity index (χ0) is 21.1. The summed E-state index contributed by atoms with van der Waals surface area (Å²) in [5.74, 6) is 0.416. The summed E-state index contributed by atoms with van der Waals surface area (Å²) >= 11 is 7.34. The van der Waals surface area contributed by atoms with Gasteiger partial charge in [0.15, 0.2) is 16.3 Å². The van der Waals surface area contributed by atoms with Crippen LogP contribution in [0.1, 0.15) is 12.8 Å². The fourth-order valence-electron chi connectivity index (χ4n) is 3.27. The molecule has 9 nitrogen and oxygen atoms in total. The zero-order valence-corrected chi connectivity index (χ0v) is 17.8. The van der Waals surface area contributed by atoms with E-state index in [1.165, 1.54) is 25.2 Å². The number of hydrogen-bond acceptors (Lipinski definition) is 7. The Morgan fingerprint density at radius 2 is 2.37 bits per heavy atom. The number of thioether (sulfide) groups is 1. The Hall–Kier alpha value is -2.56. The van der Waals surface area contributed by atoms with Gasteiger partial charge >= 0.3 is 0 Å². The van der Waals surface area contributed by atoms with E-state index in [0.29, 0.717) is 33.8 Å². The molecule has 1 aliphatic rings. The van der Waals surface area contributed by atoms with Gasteiger partial charge in [-0.3, -0.25) is 9.59 Å². The summed E-state index contributed by atoms with van der Waals surface area (Å²) in [6, 6.07) is 5.02. The number of nitrogens with zero attached hydrogens (tertiary/aromatic N) is 3. The van der Waals surface area contributed by atoms with Gasteiger partial charge in [0.05, 0.1) is 36.9 Å². The lowest BCUT2D eigenvalue weighted by atomic mass is 10.2. The number of hydrogen-bond donors (Lipinski definition) is 2. The summed E-state index contributed by atoms with van der Waals surface area (Å²) in [5.41, 5.74) is 0.988. The van der Waals surface area contributed by atoms with Crippen molar-refractivity contribution < 1.29 is 14.3 Å². The number of ether oxygens (including phenoxy) is 2. The number of nitrogens with one attached hydrogen (secondary N) is 2. The molecule has 1 unspecified atom stereocenters. The van der Waals surface area contributed by atoms with E-state index in [4.69, 9.17) is 21.1 Å². The quantitative estimate of drug-likeness (QED) is 0.533. The van der Waals surface area contributed by atoms with Crippen molar-refractivity contribution in [2.24, 2.45) is 0 Å². The van der Waals surface area contributed by atoms with Crippen molar-refractivity contribution in [1.82, 2.24) is 19.5 Å². The normalized spacial score (nSPS) is 16.1. The number of carbonyl (C=O) groups excluding carboxylic acids is 1. The van der Waals surface area contributed by atoms with Crippen LogP contribution in [0.2, 0.25) is 5.02 Å². The van der Waals surface area contributed by atoms with Crippen LogP contribution < -0.4 is 15.6 Å². The number of amides is 1. The van der Waals surface area contributed by atoms with Crippen molar-refractivity contribution in [2.75, 3.05) is 24.8 Å². The van der Waals surface area contributed by atoms with E-state index in [0.717, 1.165) is 19.4 Å². The third-order valence-electron chi connectivity index (χ3n) is 4.68. The third-order valence-corrected chi connectivity index (χ3v) is 5.95. The molecule has 0 aliphatic carbocycles. The second kappa shape index (κ2) is 9.07. The van der Waals surface area contributed by atoms with E-state index < -0.39 is 0 Å². The lowest BCUT2D eigenvalue weighted by molar-refractivity contribution is -0.113. The van der Waals surface area contributed by atoms with Crippen molar-refractivity contribution in [2.45, 2.75) is 30.6 Å². The minimum Gasteiger partial charge on any atom is -0.495 e. The second-order valence-corrected chi connectivity index (χ2v) is 8.08. The highest BCUT2D eigenvalue weighted by Crippen LogP contribution is 2.28. The fraction of sp³-hybridized carbons (Fsp3) is 0.368. The Balaban J connectivity index is 1.50. The summed E-state index contributed by atoms with van der Waals surface area (Å²) in [7, 11) is 1.53. The van der Waals surface area contributed by atoms with Crippen LogP contribution >= 0.6 is 23.4 Å². The third kappa shape index (κ3) is 4.45. The molecular formula is C19H20ClN5O4S. The molecule has 0 radical (unpaired) electrons. The van der Waals surface area contributed by atoms with E-state index in [-0.39, 0.29) is 28.8 Å². The van der Waals surface area contributed by atoms with Gasteiger partial charge in [0.1, 0.15) is 5.75 Å². The summed E-state index contributed by atoms with van der Waals surface area (Å²) in [5, 5.41) is 3.75. The van der Waals surface area contributed by atoms with Gasteiger partial charge in [-0.05, 0) is 31.0 Å². The van der Waals surface area contributed by atoms with Crippen LogP contribution in [0.3, 0.4) is 0 Å². The first-order valence-corrected chi connectivity index (χ1v) is 10.7. The highest BCUT2D eigenvalue weighted by atomic mass is 35.5. The second-order valence-electron chi connectivity index (χ2n) is 6.73. The Morgan fingerprint density at radius 3 is 3.10 bits per heavy atom. The Bertz CT molecular complexity index is 1130. The maximum Gasteiger partial charge on any atom is 0.278 e. The van der Waals surface area contributed by atoms with Gasteiger partial charge in [0.25, 0.3) is 5.56 Å². The lowest BCUT2D eigenvalue weighted by Crippen LogP contribution is -2.18. The van der Waals surface area contributed by atoms with Crippen LogP contribution in [0.25, 0.3) is 11.2 Å². The van der Waals surface area contributed by atoms with Crippen molar-refractivity contribution in [1.29, 1.82) is 0 Å². The summed E-state index contributed by atoms with van der Waals surface area (Å²) in [4.78, 5) is 35.8. The molecule has 1 atom stereocenters. The molecule has 1 amide bonds. The first-order chi connectivity index (χ1) is 14.5. The SMILES string of the molecule is COc1ccc(NC(=O)CSc2nc3c(=O)[nH]cnc3n2CC2CCCO2)cc1Cl. The summed E-state index contributed by atoms with van der Waals surface area (Å²) in [6.45, 7) is 1.26. The predicted molar refractivity (Wildman–Crippen MR) is 114 cm³/mol. The number of H-pyrrole nitrogens is 1. The van der Waals surface area contributed by atoms with Crippen LogP contribution in [0.4, 0.5) is 5.69 Å². The molecular weight excluding hydrogens is 430 g/mol. The Labute approximate surface area is 181 Å². The number of anilines is 1. The first-order valence-electron chi connectivity index (χ1n) is 9.37. The van der Waals surface area contributed by atoms with E-state index in [1.807, 2.05) is 4.57 Å². The molecule has 2 N–H and O–H groups in total. The van der Waals surface area contributed by atoms with Crippen molar-refractivity contribution >= 4 is 46.1 Å². The molecule has 2 aromatic heterocycles. The number of methoxy groups -OCH3 is 1. The molecule has 3 heterocycles. The molecule has 158 valence electrons. The number of carbonyl (C=O) groups is 1. The van der Waals surface area contributed by atoms with Gasteiger partial charge < -0.3 is 24.3 Å². The number of rotatable bonds is 7. The van der Waals surface area contributed by atoms with Gasteiger partial charge in [0, 0.05) is 12.3 Å². The number of fused-ring (bicyclic) bond motifs is 1. The fourth-order valence-corrected chi connectivity index (χ4v) is 4.33. The van der Waals surface area contributed by atoms with Crippen LogP contribution in [0.5, 0.6) is 5.75 Å². The predicted octanol–water partition coefficient (Wildman–Crippen LogP) is 2.69. The number of aromatic nitrogens is 4. The monoisotopic (exact) mass is 449 g/mol. The number of imidazole rings is 1. The Morgan fingerprint density at radius 1 is 1.50 bits per heavy atom. The number of aromatic amines is 1. The molecule has 30 heavy (non-hydrogen) atoms. The van der Waals surface area contributed by atoms with Crippen LogP contribution in [-0.2, 0) is 16.1 Å². The smallest absolute Gasteiger partial charge is 0.278 e. The maximum atomic E-state index is 12.4. The first kappa shape index (κ1) is 20.7. The van der Waals surface area contributed by atoms with Gasteiger partial charge in [0.2, 0.25) is 5.91 Å². The molecule has 3 aromatic rings. The minimum atomic E-state index is -0.315. The van der Waals surface area contributed by atoms with E-state index >= 15 is 0 Å². The Kier molecular flexibility index (Phi) is 6.26. The molecule has 11 heteroatoms. The van der Waals surface area contributed by atoms with Crippen LogP contribution in [-0.4, -0.2) is 51.0 Å². The summed E-state index contributed by atoms with van der Waals surface area (Å²) in [6.07, 6.45) is 3.33. The molecule has 0 bridgehead atoms. The molecule has 1 aliphatic heterocycles. The highest BCUT2D eigenvalue weighted by Gasteiger charge is 2.22. The van der Waals surface area contributed by atoms with Crippen LogP contribution in [0.15, 0.2) is 34.5 Å². The van der Waals surface area contributed by atoms with Crippen molar-refractivity contribution in [3.05, 3.63) is 39.9 Å². The van der Waals surface area contributed by atoms with Gasteiger partial charge in [-0.1, -0.05) is 23.4 Å². The lowest BCUT2D eigenvalue weighted by Gasteiger charge is -2.13. The van der Waals surface area contributed by atoms with Gasteiger partial charge in [-0.15, -0.1) is 0 Å². The van der Waals surface area contributed by atoms with E-state index in [2.05, 4.69) is 20.3 Å². The van der Waals surface area contributed by atoms with Gasteiger partial charge in [-0.25, -0.2) is 9.97 Å². The molecule has 4 rings (SSSR count). The molecule has 1 saturated heterocycles.